The van der Waals surface area contributed by atoms with Gasteiger partial charge in [-0.25, -0.2) is 0 Å². The Bertz CT molecular complexity index is 949. The maximum atomic E-state index is 5.45. The molecule has 0 aliphatic heterocycles. The van der Waals surface area contributed by atoms with Gasteiger partial charge in [0, 0.05) is 11.4 Å². The second kappa shape index (κ2) is 8.01. The Labute approximate surface area is 167 Å². The van der Waals surface area contributed by atoms with Crippen LogP contribution in [-0.2, 0) is 6.54 Å². The third-order valence-electron chi connectivity index (χ3n) is 4.20. The van der Waals surface area contributed by atoms with Gasteiger partial charge in [-0.1, -0.05) is 30.3 Å². The first-order chi connectivity index (χ1) is 12.4. The lowest BCUT2D eigenvalue weighted by molar-refractivity contribution is 0.659. The van der Waals surface area contributed by atoms with Crippen molar-refractivity contribution < 1.29 is 0 Å². The number of rotatable bonds is 4. The molecule has 0 saturated heterocycles. The van der Waals surface area contributed by atoms with E-state index in [-0.39, 0.29) is 0 Å². The summed E-state index contributed by atoms with van der Waals surface area (Å²) in [6.07, 6.45) is 0. The van der Waals surface area contributed by atoms with E-state index in [1.165, 1.54) is 0 Å². The van der Waals surface area contributed by atoms with Gasteiger partial charge >= 0.3 is 0 Å². The van der Waals surface area contributed by atoms with Crippen LogP contribution in [0, 0.1) is 20.8 Å². The number of halogens is 1. The summed E-state index contributed by atoms with van der Waals surface area (Å²) in [5, 5.41) is 11.6. The smallest absolute Gasteiger partial charge is 0.175 e. The zero-order valence-corrected chi connectivity index (χ0v) is 17.4. The second-order valence-electron chi connectivity index (χ2n) is 6.24. The molecule has 3 rings (SSSR count). The number of aromatic nitrogens is 2. The number of nitrogens with one attached hydrogen (secondary N) is 2. The van der Waals surface area contributed by atoms with Gasteiger partial charge in [-0.15, -0.1) is 0 Å². The Morgan fingerprint density at radius 3 is 2.54 bits per heavy atom. The maximum Gasteiger partial charge on any atom is 0.175 e. The lowest BCUT2D eigenvalue weighted by Crippen LogP contribution is -2.19. The summed E-state index contributed by atoms with van der Waals surface area (Å²) in [4.78, 5) is 0. The number of para-hydroxylation sites is 1. The maximum absolute atomic E-state index is 5.45. The topological polar surface area (TPSA) is 41.9 Å². The van der Waals surface area contributed by atoms with Gasteiger partial charge in [0.2, 0.25) is 0 Å². The predicted octanol–water partition coefficient (Wildman–Crippen LogP) is 5.43. The molecule has 0 spiro atoms. The summed E-state index contributed by atoms with van der Waals surface area (Å²) in [7, 11) is 0. The third-order valence-corrected chi connectivity index (χ3v) is 5.56. The highest BCUT2D eigenvalue weighted by molar-refractivity contribution is 9.10. The van der Waals surface area contributed by atoms with E-state index in [2.05, 4.69) is 63.7 Å². The van der Waals surface area contributed by atoms with Crippen LogP contribution in [0.2, 0.25) is 0 Å². The summed E-state index contributed by atoms with van der Waals surface area (Å²) in [6.45, 7) is 6.83. The second-order valence-corrected chi connectivity index (χ2v) is 7.44. The van der Waals surface area contributed by atoms with E-state index < -0.39 is 0 Å². The van der Waals surface area contributed by atoms with Gasteiger partial charge < -0.3 is 10.6 Å². The van der Waals surface area contributed by atoms with Crippen molar-refractivity contribution in [3.05, 3.63) is 75.5 Å². The minimum absolute atomic E-state index is 0.574. The van der Waals surface area contributed by atoms with E-state index in [0.717, 1.165) is 38.4 Å². The van der Waals surface area contributed by atoms with Crippen LogP contribution in [0.4, 0.5) is 11.4 Å². The Morgan fingerprint density at radius 2 is 1.85 bits per heavy atom. The molecule has 1 heterocycles. The lowest BCUT2D eigenvalue weighted by Gasteiger charge is -2.13. The van der Waals surface area contributed by atoms with Crippen molar-refractivity contribution in [2.75, 3.05) is 10.6 Å². The first kappa shape index (κ1) is 18.6. The molecule has 0 atom stereocenters. The molecular formula is C20H21BrN4S. The van der Waals surface area contributed by atoms with Gasteiger partial charge in [0.15, 0.2) is 5.11 Å². The molecule has 2 aromatic carbocycles. The van der Waals surface area contributed by atoms with Crippen molar-refractivity contribution in [2.24, 2.45) is 0 Å². The zero-order chi connectivity index (χ0) is 18.7. The molecule has 6 heteroatoms. The lowest BCUT2D eigenvalue weighted by atomic mass is 10.2. The molecule has 0 fully saturated rings. The molecule has 3 aromatic rings. The van der Waals surface area contributed by atoms with E-state index in [4.69, 9.17) is 12.2 Å². The Kier molecular flexibility index (Phi) is 5.74. The number of thiocarbonyl (C=S) groups is 1. The number of benzene rings is 2. The molecule has 134 valence electrons. The zero-order valence-electron chi connectivity index (χ0n) is 15.0. The fourth-order valence-corrected chi connectivity index (χ4v) is 3.26. The molecule has 1 aromatic heterocycles. The third kappa shape index (κ3) is 4.31. The van der Waals surface area contributed by atoms with E-state index in [1.807, 2.05) is 41.9 Å². The highest BCUT2D eigenvalue weighted by Crippen LogP contribution is 2.21. The molecular weight excluding hydrogens is 408 g/mol. The van der Waals surface area contributed by atoms with Crippen LogP contribution >= 0.6 is 28.1 Å². The van der Waals surface area contributed by atoms with Crippen LogP contribution in [0.1, 0.15) is 22.5 Å². The number of nitrogens with zero attached hydrogens (tertiary/aromatic N) is 2. The minimum Gasteiger partial charge on any atom is -0.332 e. The summed E-state index contributed by atoms with van der Waals surface area (Å²) in [5.74, 6) is 0. The fraction of sp³-hybridized carbons (Fsp3) is 0.200. The van der Waals surface area contributed by atoms with Gasteiger partial charge in [0.25, 0.3) is 0 Å². The van der Waals surface area contributed by atoms with Crippen molar-refractivity contribution in [3.63, 3.8) is 0 Å². The highest BCUT2D eigenvalue weighted by Gasteiger charge is 2.09. The van der Waals surface area contributed by atoms with Crippen LogP contribution < -0.4 is 10.6 Å². The van der Waals surface area contributed by atoms with Crippen LogP contribution in [0.15, 0.2) is 53.0 Å². The molecule has 0 saturated carbocycles. The average Bonchev–Trinajstić information content (AvgIpc) is 2.84. The van der Waals surface area contributed by atoms with Crippen molar-refractivity contribution in [1.29, 1.82) is 0 Å². The van der Waals surface area contributed by atoms with Crippen molar-refractivity contribution >= 4 is 44.6 Å². The molecule has 26 heavy (non-hydrogen) atoms. The summed E-state index contributed by atoms with van der Waals surface area (Å²) in [6, 6.07) is 16.3. The van der Waals surface area contributed by atoms with E-state index in [0.29, 0.717) is 11.7 Å². The molecule has 0 bridgehead atoms. The first-order valence-electron chi connectivity index (χ1n) is 8.36. The molecule has 0 amide bonds. The molecule has 0 unspecified atom stereocenters. The number of hydrogen-bond donors (Lipinski definition) is 2. The van der Waals surface area contributed by atoms with Crippen LogP contribution in [0.5, 0.6) is 0 Å². The largest absolute Gasteiger partial charge is 0.332 e. The molecule has 0 radical (unpaired) electrons. The quantitative estimate of drug-likeness (QED) is 0.543. The van der Waals surface area contributed by atoms with Gasteiger partial charge in [-0.3, -0.25) is 4.68 Å². The minimum atomic E-state index is 0.574. The van der Waals surface area contributed by atoms with Crippen molar-refractivity contribution in [1.82, 2.24) is 9.78 Å². The Hall–Kier alpha value is -2.18. The van der Waals surface area contributed by atoms with Crippen molar-refractivity contribution in [3.8, 4) is 0 Å². The summed E-state index contributed by atoms with van der Waals surface area (Å²) >= 11 is 9.02. The Balaban J connectivity index is 1.70. The van der Waals surface area contributed by atoms with Gasteiger partial charge in [-0.2, -0.15) is 5.10 Å². The highest BCUT2D eigenvalue weighted by atomic mass is 79.9. The van der Waals surface area contributed by atoms with E-state index >= 15 is 0 Å². The first-order valence-corrected chi connectivity index (χ1v) is 9.56. The van der Waals surface area contributed by atoms with Gasteiger partial charge in [0.1, 0.15) is 0 Å². The SMILES string of the molecule is Cc1ccccc1NC(=S)Nc1cccc(Cn2nc(C)c(Br)c2C)c1. The average molecular weight is 429 g/mol. The summed E-state index contributed by atoms with van der Waals surface area (Å²) in [5.41, 5.74) is 6.40. The Morgan fingerprint density at radius 1 is 1.08 bits per heavy atom. The normalized spacial score (nSPS) is 10.6. The monoisotopic (exact) mass is 428 g/mol. The number of aryl methyl sites for hydroxylation is 2. The van der Waals surface area contributed by atoms with Crippen LogP contribution in [0.3, 0.4) is 0 Å². The van der Waals surface area contributed by atoms with E-state index in [1.54, 1.807) is 0 Å². The fourth-order valence-electron chi connectivity index (χ4n) is 2.75. The van der Waals surface area contributed by atoms with Crippen LogP contribution in [-0.4, -0.2) is 14.9 Å². The molecule has 2 N–H and O–H groups in total. The number of anilines is 2. The van der Waals surface area contributed by atoms with Crippen LogP contribution in [0.25, 0.3) is 0 Å². The summed E-state index contributed by atoms with van der Waals surface area (Å²) < 4.78 is 3.07. The van der Waals surface area contributed by atoms with Gasteiger partial charge in [-0.05, 0) is 78.2 Å². The molecule has 0 aliphatic carbocycles. The predicted molar refractivity (Wildman–Crippen MR) is 116 cm³/mol. The molecule has 4 nitrogen and oxygen atoms in total. The molecule has 0 aliphatic rings. The number of hydrogen-bond acceptors (Lipinski definition) is 2. The van der Waals surface area contributed by atoms with Gasteiger partial charge in [0.05, 0.1) is 22.4 Å². The van der Waals surface area contributed by atoms with Crippen molar-refractivity contribution in [2.45, 2.75) is 27.3 Å². The standard InChI is InChI=1S/C20H21BrN4S/c1-13-7-4-5-10-18(13)23-20(26)22-17-9-6-8-16(11-17)12-25-15(3)19(21)14(2)24-25/h4-11H,12H2,1-3H3,(H2,22,23,26). The van der Waals surface area contributed by atoms with E-state index in [9.17, 15) is 0 Å².